The van der Waals surface area contributed by atoms with Crippen LogP contribution in [0, 0.1) is 0 Å². The quantitative estimate of drug-likeness (QED) is 0.785. The molecule has 0 saturated carbocycles. The Bertz CT molecular complexity index is 628. The molecule has 2 atom stereocenters. The van der Waals surface area contributed by atoms with Crippen molar-refractivity contribution < 1.29 is 14.7 Å². The lowest BCUT2D eigenvalue weighted by Crippen LogP contribution is -2.68. The first-order valence-electron chi connectivity index (χ1n) is 5.89. The molecule has 3 heterocycles. The fourth-order valence-corrected chi connectivity index (χ4v) is 5.19. The van der Waals surface area contributed by atoms with Crippen LogP contribution in [0.1, 0.15) is 4.88 Å². The number of halogens is 1. The molecule has 1 aromatic heterocycles. The maximum absolute atomic E-state index is 11.8. The summed E-state index contributed by atoms with van der Waals surface area (Å²) in [5.74, 6) is -0.759. The number of carboxylic acids is 1. The van der Waals surface area contributed by atoms with Crippen LogP contribution in [0.2, 0.25) is 0 Å². The molecule has 1 saturated heterocycles. The average molecular weight is 375 g/mol. The largest absolute Gasteiger partial charge is 0.477 e. The van der Waals surface area contributed by atoms with Gasteiger partial charge in [0.15, 0.2) is 0 Å². The van der Waals surface area contributed by atoms with Crippen molar-refractivity contribution in [2.75, 3.05) is 5.75 Å². The van der Waals surface area contributed by atoms with E-state index in [1.165, 1.54) is 16.7 Å². The molecule has 0 bridgehead atoms. The van der Waals surface area contributed by atoms with Gasteiger partial charge in [-0.25, -0.2) is 4.79 Å². The summed E-state index contributed by atoms with van der Waals surface area (Å²) in [4.78, 5) is 25.7. The highest BCUT2D eigenvalue weighted by Crippen LogP contribution is 2.40. The molecule has 1 fully saturated rings. The van der Waals surface area contributed by atoms with Gasteiger partial charge in [-0.3, -0.25) is 9.69 Å². The number of nitrogens with zero attached hydrogens (tertiary/aromatic N) is 1. The van der Waals surface area contributed by atoms with Crippen LogP contribution in [0.15, 0.2) is 27.2 Å². The van der Waals surface area contributed by atoms with E-state index in [1.54, 1.807) is 11.3 Å². The lowest BCUT2D eigenvalue weighted by Gasteiger charge is -2.48. The summed E-state index contributed by atoms with van der Waals surface area (Å²) in [6.45, 7) is 0. The van der Waals surface area contributed by atoms with E-state index in [0.717, 1.165) is 14.2 Å². The van der Waals surface area contributed by atoms with Gasteiger partial charge < -0.3 is 10.8 Å². The zero-order valence-corrected chi connectivity index (χ0v) is 13.4. The minimum atomic E-state index is -1.05. The minimum absolute atomic E-state index is 0.116. The van der Waals surface area contributed by atoms with E-state index >= 15 is 0 Å². The summed E-state index contributed by atoms with van der Waals surface area (Å²) in [5.41, 5.74) is 6.60. The molecule has 0 aromatic carbocycles. The zero-order valence-electron chi connectivity index (χ0n) is 10.2. The lowest BCUT2D eigenvalue weighted by molar-refractivity contribution is -0.148. The molecule has 0 aliphatic carbocycles. The van der Waals surface area contributed by atoms with Crippen LogP contribution in [-0.4, -0.2) is 39.1 Å². The van der Waals surface area contributed by atoms with Crippen LogP contribution in [-0.2, 0) is 16.0 Å². The van der Waals surface area contributed by atoms with E-state index in [-0.39, 0.29) is 17.0 Å². The predicted octanol–water partition coefficient (Wildman–Crippen LogP) is 1.63. The number of hydrogen-bond donors (Lipinski definition) is 2. The Hall–Kier alpha value is -0.830. The molecule has 0 spiro atoms. The number of hydrogen-bond acceptors (Lipinski definition) is 5. The summed E-state index contributed by atoms with van der Waals surface area (Å²) in [7, 11) is 0. The van der Waals surface area contributed by atoms with Crippen LogP contribution in [0.25, 0.3) is 0 Å². The molecule has 8 heteroatoms. The summed E-state index contributed by atoms with van der Waals surface area (Å²) < 4.78 is 1.01. The monoisotopic (exact) mass is 374 g/mol. The second-order valence-electron chi connectivity index (χ2n) is 4.58. The standard InChI is InChI=1S/C12H11BrN2O3S2/c13-7-2-1-6(20-7)3-5-4-19-11-8(14)10(16)15(11)9(5)12(17)18/h1-2,8,11H,3-4,14H2,(H,17,18)/t8-,11-/m1/s1. The van der Waals surface area contributed by atoms with Gasteiger partial charge in [0.1, 0.15) is 17.1 Å². The maximum atomic E-state index is 11.8. The van der Waals surface area contributed by atoms with Gasteiger partial charge in [-0.05, 0) is 33.6 Å². The third-order valence-corrected chi connectivity index (χ3v) is 6.29. The van der Waals surface area contributed by atoms with Gasteiger partial charge >= 0.3 is 5.97 Å². The van der Waals surface area contributed by atoms with E-state index < -0.39 is 12.0 Å². The molecule has 20 heavy (non-hydrogen) atoms. The zero-order chi connectivity index (χ0) is 14.4. The number of carbonyl (C=O) groups excluding carboxylic acids is 1. The van der Waals surface area contributed by atoms with Gasteiger partial charge in [0.2, 0.25) is 5.91 Å². The normalized spacial score (nSPS) is 25.5. The van der Waals surface area contributed by atoms with Crippen molar-refractivity contribution in [3.63, 3.8) is 0 Å². The number of amides is 1. The Labute approximate surface area is 131 Å². The van der Waals surface area contributed by atoms with Crippen molar-refractivity contribution in [1.82, 2.24) is 4.90 Å². The van der Waals surface area contributed by atoms with Crippen LogP contribution in [0.5, 0.6) is 0 Å². The number of thiophene rings is 1. The average Bonchev–Trinajstić information content (AvgIpc) is 2.82. The van der Waals surface area contributed by atoms with Gasteiger partial charge in [-0.15, -0.1) is 23.1 Å². The number of carboxylic acid groups (broad SMARTS) is 1. The van der Waals surface area contributed by atoms with Crippen LogP contribution >= 0.6 is 39.0 Å². The van der Waals surface area contributed by atoms with E-state index in [1.807, 2.05) is 12.1 Å². The smallest absolute Gasteiger partial charge is 0.352 e. The molecule has 1 aromatic rings. The van der Waals surface area contributed by atoms with Gasteiger partial charge in [-0.2, -0.15) is 0 Å². The molecular weight excluding hydrogens is 364 g/mol. The Morgan fingerprint density at radius 3 is 2.90 bits per heavy atom. The van der Waals surface area contributed by atoms with Crippen molar-refractivity contribution in [3.05, 3.63) is 32.1 Å². The molecule has 1 amide bonds. The first kappa shape index (κ1) is 14.1. The van der Waals surface area contributed by atoms with Crippen molar-refractivity contribution in [2.24, 2.45) is 5.73 Å². The highest BCUT2D eigenvalue weighted by atomic mass is 79.9. The third kappa shape index (κ3) is 2.20. The number of nitrogens with two attached hydrogens (primary N) is 1. The van der Waals surface area contributed by atoms with Crippen LogP contribution in [0.3, 0.4) is 0 Å². The predicted molar refractivity (Wildman–Crippen MR) is 81.5 cm³/mol. The summed E-state index contributed by atoms with van der Waals surface area (Å²) in [6, 6.07) is 3.32. The number of aliphatic carboxylic acids is 1. The molecule has 0 unspecified atom stereocenters. The molecule has 3 N–H and O–H groups in total. The third-order valence-electron chi connectivity index (χ3n) is 3.31. The fourth-order valence-electron chi connectivity index (χ4n) is 2.37. The Morgan fingerprint density at radius 1 is 1.55 bits per heavy atom. The van der Waals surface area contributed by atoms with E-state index in [9.17, 15) is 14.7 Å². The van der Waals surface area contributed by atoms with E-state index in [2.05, 4.69) is 15.9 Å². The summed E-state index contributed by atoms with van der Waals surface area (Å²) in [5, 5.41) is 9.18. The Morgan fingerprint density at radius 2 is 2.30 bits per heavy atom. The van der Waals surface area contributed by atoms with Gasteiger partial charge in [0.05, 0.1) is 3.79 Å². The second kappa shape index (κ2) is 5.18. The van der Waals surface area contributed by atoms with Crippen molar-refractivity contribution in [3.8, 4) is 0 Å². The highest BCUT2D eigenvalue weighted by molar-refractivity contribution is 9.11. The summed E-state index contributed by atoms with van der Waals surface area (Å²) >= 11 is 6.49. The van der Waals surface area contributed by atoms with Crippen LogP contribution in [0.4, 0.5) is 0 Å². The highest BCUT2D eigenvalue weighted by Gasteiger charge is 2.51. The number of carbonyl (C=O) groups is 2. The number of rotatable bonds is 3. The molecule has 5 nitrogen and oxygen atoms in total. The first-order chi connectivity index (χ1) is 9.49. The topological polar surface area (TPSA) is 83.6 Å². The van der Waals surface area contributed by atoms with E-state index in [0.29, 0.717) is 12.2 Å². The Kier molecular flexibility index (Phi) is 3.65. The molecule has 3 rings (SSSR count). The SMILES string of the molecule is N[C@@H]1C(=O)N2C(C(=O)O)=C(Cc3ccc(Br)s3)CS[C@H]12. The maximum Gasteiger partial charge on any atom is 0.352 e. The first-order valence-corrected chi connectivity index (χ1v) is 8.54. The lowest BCUT2D eigenvalue weighted by atomic mass is 10.0. The fraction of sp³-hybridized carbons (Fsp3) is 0.333. The van der Waals surface area contributed by atoms with Crippen LogP contribution < -0.4 is 5.73 Å². The van der Waals surface area contributed by atoms with Gasteiger partial charge in [0.25, 0.3) is 0 Å². The summed E-state index contributed by atoms with van der Waals surface area (Å²) in [6.07, 6.45) is 0.552. The second-order valence-corrected chi connectivity index (χ2v) is 8.23. The molecular formula is C12H11BrN2O3S2. The van der Waals surface area contributed by atoms with E-state index in [4.69, 9.17) is 5.73 Å². The van der Waals surface area contributed by atoms with Gasteiger partial charge in [0, 0.05) is 17.1 Å². The van der Waals surface area contributed by atoms with Crippen molar-refractivity contribution >= 4 is 50.9 Å². The number of β-lactam (4-membered cyclic amide) rings is 1. The molecule has 2 aliphatic heterocycles. The van der Waals surface area contributed by atoms with Gasteiger partial charge in [-0.1, -0.05) is 0 Å². The van der Waals surface area contributed by atoms with Crippen molar-refractivity contribution in [1.29, 1.82) is 0 Å². The number of thioether (sulfide) groups is 1. The van der Waals surface area contributed by atoms with Crippen molar-refractivity contribution in [2.45, 2.75) is 17.8 Å². The Balaban J connectivity index is 1.94. The molecule has 0 radical (unpaired) electrons. The molecule has 2 aliphatic rings. The molecule has 106 valence electrons. The number of fused-ring (bicyclic) bond motifs is 1. The minimum Gasteiger partial charge on any atom is -0.477 e.